The van der Waals surface area contributed by atoms with Crippen LogP contribution in [0.4, 0.5) is 11.4 Å². The average Bonchev–Trinajstić information content (AvgIpc) is 3.27. The zero-order valence-electron chi connectivity index (χ0n) is 16.1. The Bertz CT molecular complexity index is 829. The highest BCUT2D eigenvalue weighted by Gasteiger charge is 2.17. The second-order valence-corrected chi connectivity index (χ2v) is 6.43. The Morgan fingerprint density at radius 1 is 1.00 bits per heavy atom. The van der Waals surface area contributed by atoms with Crippen LogP contribution in [-0.2, 0) is 9.53 Å². The van der Waals surface area contributed by atoms with E-state index in [0.717, 1.165) is 18.8 Å². The normalized spacial score (nSPS) is 13.1. The third-order valence-corrected chi connectivity index (χ3v) is 4.59. The van der Waals surface area contributed by atoms with Gasteiger partial charge in [-0.2, -0.15) is 0 Å². The second kappa shape index (κ2) is 9.12. The number of nitrogens with one attached hydrogen (secondary N) is 1. The first-order valence-electron chi connectivity index (χ1n) is 9.14. The molecule has 0 bridgehead atoms. The lowest BCUT2D eigenvalue weighted by molar-refractivity contribution is -0.119. The Morgan fingerprint density at radius 3 is 2.36 bits per heavy atom. The fourth-order valence-corrected chi connectivity index (χ4v) is 3.10. The lowest BCUT2D eigenvalue weighted by atomic mass is 10.2. The molecule has 2 aromatic carbocycles. The van der Waals surface area contributed by atoms with Gasteiger partial charge in [0.1, 0.15) is 17.1 Å². The van der Waals surface area contributed by atoms with Gasteiger partial charge in [-0.3, -0.25) is 4.79 Å². The number of benzene rings is 2. The molecule has 0 aromatic heterocycles. The van der Waals surface area contributed by atoms with E-state index in [0.29, 0.717) is 17.2 Å². The van der Waals surface area contributed by atoms with Crippen LogP contribution in [0.15, 0.2) is 42.5 Å². The van der Waals surface area contributed by atoms with Crippen LogP contribution < -0.4 is 19.7 Å². The molecule has 1 fully saturated rings. The van der Waals surface area contributed by atoms with E-state index < -0.39 is 11.9 Å². The number of hydrogen-bond donors (Lipinski definition) is 1. The van der Waals surface area contributed by atoms with Crippen LogP contribution in [0.25, 0.3) is 0 Å². The number of methoxy groups -OCH3 is 2. The summed E-state index contributed by atoms with van der Waals surface area (Å²) in [4.78, 5) is 26.7. The van der Waals surface area contributed by atoms with Gasteiger partial charge in [-0.05, 0) is 49.2 Å². The van der Waals surface area contributed by atoms with Crippen molar-refractivity contribution in [1.29, 1.82) is 0 Å². The predicted molar refractivity (Wildman–Crippen MR) is 106 cm³/mol. The zero-order chi connectivity index (χ0) is 19.9. The Hall–Kier alpha value is -3.22. The molecule has 0 spiro atoms. The highest BCUT2D eigenvalue weighted by Crippen LogP contribution is 2.25. The summed E-state index contributed by atoms with van der Waals surface area (Å²) in [6.45, 7) is 1.74. The summed E-state index contributed by atoms with van der Waals surface area (Å²) in [5.41, 5.74) is 2.03. The molecule has 1 heterocycles. The summed E-state index contributed by atoms with van der Waals surface area (Å²) in [5, 5.41) is 2.73. The maximum atomic E-state index is 12.2. The number of carbonyl (C=O) groups is 2. The Balaban J connectivity index is 1.53. The van der Waals surface area contributed by atoms with Gasteiger partial charge in [-0.15, -0.1) is 0 Å². The van der Waals surface area contributed by atoms with Gasteiger partial charge >= 0.3 is 5.97 Å². The van der Waals surface area contributed by atoms with Crippen molar-refractivity contribution in [2.24, 2.45) is 0 Å². The lowest BCUT2D eigenvalue weighted by Crippen LogP contribution is -2.21. The van der Waals surface area contributed by atoms with Gasteiger partial charge in [-0.1, -0.05) is 0 Å². The number of amides is 1. The van der Waals surface area contributed by atoms with E-state index in [9.17, 15) is 9.59 Å². The highest BCUT2D eigenvalue weighted by molar-refractivity contribution is 5.97. The fraction of sp³-hybridized carbons (Fsp3) is 0.333. The van der Waals surface area contributed by atoms with E-state index in [1.54, 1.807) is 12.1 Å². The van der Waals surface area contributed by atoms with Crippen LogP contribution in [0.2, 0.25) is 0 Å². The number of carbonyl (C=O) groups excluding carboxylic acids is 2. The molecule has 1 aliphatic rings. The topological polar surface area (TPSA) is 77.1 Å². The first-order chi connectivity index (χ1) is 13.6. The van der Waals surface area contributed by atoms with Crippen molar-refractivity contribution in [3.63, 3.8) is 0 Å². The molecule has 1 aliphatic heterocycles. The predicted octanol–water partition coefficient (Wildman–Crippen LogP) is 3.10. The van der Waals surface area contributed by atoms with Gasteiger partial charge in [0, 0.05) is 30.5 Å². The summed E-state index contributed by atoms with van der Waals surface area (Å²) in [5.74, 6) is -0.167. The molecule has 28 heavy (non-hydrogen) atoms. The van der Waals surface area contributed by atoms with Crippen molar-refractivity contribution in [1.82, 2.24) is 0 Å². The Morgan fingerprint density at radius 2 is 1.71 bits per heavy atom. The van der Waals surface area contributed by atoms with Crippen LogP contribution in [0.5, 0.6) is 11.5 Å². The largest absolute Gasteiger partial charge is 0.497 e. The first-order valence-corrected chi connectivity index (χ1v) is 9.14. The van der Waals surface area contributed by atoms with Gasteiger partial charge in [0.25, 0.3) is 5.91 Å². The van der Waals surface area contributed by atoms with E-state index >= 15 is 0 Å². The Labute approximate surface area is 164 Å². The van der Waals surface area contributed by atoms with Gasteiger partial charge in [0.15, 0.2) is 6.61 Å². The molecule has 0 aliphatic carbocycles. The van der Waals surface area contributed by atoms with E-state index in [-0.39, 0.29) is 12.2 Å². The fourth-order valence-electron chi connectivity index (χ4n) is 3.10. The number of esters is 1. The SMILES string of the molecule is COc1ccc(C(=O)OCC(=O)Nc2ccc(N3CCCC3)cc2)c(OC)c1. The van der Waals surface area contributed by atoms with Crippen molar-refractivity contribution in [2.45, 2.75) is 12.8 Å². The third-order valence-electron chi connectivity index (χ3n) is 4.59. The van der Waals surface area contributed by atoms with Crippen LogP contribution in [0.3, 0.4) is 0 Å². The molecule has 7 heteroatoms. The first kappa shape index (κ1) is 19.5. The molecule has 0 unspecified atom stereocenters. The van der Waals surface area contributed by atoms with Crippen LogP contribution in [0, 0.1) is 0 Å². The molecule has 0 saturated carbocycles. The van der Waals surface area contributed by atoms with Crippen LogP contribution in [-0.4, -0.2) is 45.8 Å². The average molecular weight is 384 g/mol. The number of anilines is 2. The van der Waals surface area contributed by atoms with Gasteiger partial charge in [0.05, 0.1) is 14.2 Å². The molecule has 1 N–H and O–H groups in total. The minimum atomic E-state index is -0.640. The summed E-state index contributed by atoms with van der Waals surface area (Å²) in [7, 11) is 2.97. The smallest absolute Gasteiger partial charge is 0.342 e. The quantitative estimate of drug-likeness (QED) is 0.739. The molecule has 0 atom stereocenters. The molecular weight excluding hydrogens is 360 g/mol. The lowest BCUT2D eigenvalue weighted by Gasteiger charge is -2.17. The third kappa shape index (κ3) is 4.73. The van der Waals surface area contributed by atoms with Gasteiger partial charge < -0.3 is 24.4 Å². The Kier molecular flexibility index (Phi) is 6.37. The summed E-state index contributed by atoms with van der Waals surface area (Å²) < 4.78 is 15.4. The molecule has 7 nitrogen and oxygen atoms in total. The molecule has 1 saturated heterocycles. The van der Waals surface area contributed by atoms with Crippen molar-refractivity contribution in [3.8, 4) is 11.5 Å². The minimum absolute atomic E-state index is 0.228. The van der Waals surface area contributed by atoms with Crippen molar-refractivity contribution in [2.75, 3.05) is 44.1 Å². The summed E-state index contributed by atoms with van der Waals surface area (Å²) in [6, 6.07) is 12.4. The minimum Gasteiger partial charge on any atom is -0.497 e. The van der Waals surface area contributed by atoms with Crippen molar-refractivity contribution < 1.29 is 23.8 Å². The molecule has 1 amide bonds. The maximum absolute atomic E-state index is 12.2. The van der Waals surface area contributed by atoms with Crippen LogP contribution >= 0.6 is 0 Å². The monoisotopic (exact) mass is 384 g/mol. The summed E-state index contributed by atoms with van der Waals surface area (Å²) >= 11 is 0. The van der Waals surface area contributed by atoms with Crippen LogP contribution in [0.1, 0.15) is 23.2 Å². The van der Waals surface area contributed by atoms with E-state index in [1.165, 1.54) is 33.1 Å². The van der Waals surface area contributed by atoms with Crippen molar-refractivity contribution >= 4 is 23.3 Å². The number of hydrogen-bond acceptors (Lipinski definition) is 6. The molecule has 0 radical (unpaired) electrons. The maximum Gasteiger partial charge on any atom is 0.342 e. The van der Waals surface area contributed by atoms with Gasteiger partial charge in [0.2, 0.25) is 0 Å². The van der Waals surface area contributed by atoms with E-state index in [4.69, 9.17) is 14.2 Å². The number of ether oxygens (including phenoxy) is 3. The number of rotatable bonds is 7. The second-order valence-electron chi connectivity index (χ2n) is 6.43. The zero-order valence-corrected chi connectivity index (χ0v) is 16.1. The highest BCUT2D eigenvalue weighted by atomic mass is 16.5. The standard InChI is InChI=1S/C21H24N2O5/c1-26-17-9-10-18(19(13-17)27-2)21(25)28-14-20(24)22-15-5-7-16(8-6-15)23-11-3-4-12-23/h5-10,13H,3-4,11-12,14H2,1-2H3,(H,22,24). The van der Waals surface area contributed by atoms with Gasteiger partial charge in [-0.25, -0.2) is 4.79 Å². The molecule has 3 rings (SSSR count). The molecular formula is C21H24N2O5. The van der Waals surface area contributed by atoms with E-state index in [2.05, 4.69) is 10.2 Å². The van der Waals surface area contributed by atoms with Crippen molar-refractivity contribution in [3.05, 3.63) is 48.0 Å². The van der Waals surface area contributed by atoms with E-state index in [1.807, 2.05) is 24.3 Å². The molecule has 148 valence electrons. The molecule has 2 aromatic rings. The summed E-state index contributed by atoms with van der Waals surface area (Å²) in [6.07, 6.45) is 2.42. The number of nitrogens with zero attached hydrogens (tertiary/aromatic N) is 1.